The lowest BCUT2D eigenvalue weighted by molar-refractivity contribution is -0.148. The second kappa shape index (κ2) is 41.9. The number of hydroxylamine groups is 1. The summed E-state index contributed by atoms with van der Waals surface area (Å²) in [6, 6.07) is 16.7. The molecule has 26 heteroatoms. The van der Waals surface area contributed by atoms with Crippen LogP contribution in [0.3, 0.4) is 0 Å². The molecule has 4 rings (SSSR count). The summed E-state index contributed by atoms with van der Waals surface area (Å²) in [4.78, 5) is 107. The molecule has 0 aromatic heterocycles. The SMILES string of the molecule is CC[C@H](C)[C@@H]([C@@H](CC(=O)N1CCC[C@H]1[C@H](OC)[C@@H](C)C(=O)N[C@@H](Cc1ccccc1)C(=O)NOCc1ccc(NC(=O)[C@@H](C)NC(O)CCOCCOCCOCCOCCNC(=O)c2ccc(N)c(N)c2)cc1)OC)N(C)C(=O)[C@@H](NC(=O)[C@H](C(C)C)N(C)C)C(C)C. The van der Waals surface area contributed by atoms with E-state index in [1.54, 1.807) is 67.1 Å². The second-order valence-corrected chi connectivity index (χ2v) is 24.9. The molecule has 0 bridgehead atoms. The van der Waals surface area contributed by atoms with Crippen LogP contribution in [-0.4, -0.2) is 217 Å². The van der Waals surface area contributed by atoms with Gasteiger partial charge in [-0.3, -0.25) is 48.6 Å². The van der Waals surface area contributed by atoms with E-state index in [2.05, 4.69) is 32.1 Å². The fourth-order valence-corrected chi connectivity index (χ4v) is 11.4. The topological polar surface area (TPSA) is 338 Å². The minimum Gasteiger partial charge on any atom is -0.397 e. The Balaban J connectivity index is 1.21. The molecular formula is C68H109N11O15. The molecule has 1 saturated heterocycles. The lowest BCUT2D eigenvalue weighted by atomic mass is 9.89. The van der Waals surface area contributed by atoms with Crippen molar-refractivity contribution in [3.05, 3.63) is 89.5 Å². The molecular weight excluding hydrogens is 1210 g/mol. The van der Waals surface area contributed by atoms with E-state index in [-0.39, 0.29) is 79.8 Å². The number of nitrogens with two attached hydrogens (primary N) is 2. The molecule has 11 atom stereocenters. The maximum absolute atomic E-state index is 14.6. The van der Waals surface area contributed by atoms with Crippen LogP contribution < -0.4 is 43.5 Å². The monoisotopic (exact) mass is 1320 g/mol. The molecule has 94 heavy (non-hydrogen) atoms. The largest absolute Gasteiger partial charge is 0.397 e. The van der Waals surface area contributed by atoms with Crippen molar-refractivity contribution in [1.82, 2.24) is 41.4 Å². The van der Waals surface area contributed by atoms with Gasteiger partial charge in [-0.2, -0.15) is 0 Å². The summed E-state index contributed by atoms with van der Waals surface area (Å²) in [6.07, 6.45) is -0.235. The molecule has 3 aromatic carbocycles. The zero-order valence-electron chi connectivity index (χ0n) is 57.6. The number of likely N-dealkylation sites (tertiary alicyclic amines) is 1. The van der Waals surface area contributed by atoms with Crippen molar-refractivity contribution in [3.63, 3.8) is 0 Å². The molecule has 1 unspecified atom stereocenters. The summed E-state index contributed by atoms with van der Waals surface area (Å²) < 4.78 is 34.2. The van der Waals surface area contributed by atoms with Crippen LogP contribution in [0.1, 0.15) is 109 Å². The van der Waals surface area contributed by atoms with Crippen LogP contribution in [0, 0.1) is 23.7 Å². The van der Waals surface area contributed by atoms with E-state index in [0.29, 0.717) is 107 Å². The Morgan fingerprint density at radius 2 is 1.33 bits per heavy atom. The van der Waals surface area contributed by atoms with Gasteiger partial charge in [0.2, 0.25) is 29.5 Å². The van der Waals surface area contributed by atoms with Crippen molar-refractivity contribution in [1.29, 1.82) is 0 Å². The number of anilines is 3. The average Bonchev–Trinajstić information content (AvgIpc) is 1.42. The number of nitrogen functional groups attached to an aromatic ring is 2. The molecule has 0 saturated carbocycles. The summed E-state index contributed by atoms with van der Waals surface area (Å²) in [5.41, 5.74) is 17.1. The molecule has 11 N–H and O–H groups in total. The third-order valence-corrected chi connectivity index (χ3v) is 16.9. The average molecular weight is 1320 g/mol. The third kappa shape index (κ3) is 26.0. The van der Waals surface area contributed by atoms with Crippen LogP contribution >= 0.6 is 0 Å². The van der Waals surface area contributed by atoms with Crippen LogP contribution in [0.15, 0.2) is 72.8 Å². The zero-order chi connectivity index (χ0) is 69.4. The van der Waals surface area contributed by atoms with Gasteiger partial charge in [-0.25, -0.2) is 5.48 Å². The maximum atomic E-state index is 14.6. The van der Waals surface area contributed by atoms with Crippen LogP contribution in [0.25, 0.3) is 0 Å². The number of aliphatic hydroxyl groups is 1. The molecule has 0 aliphatic carbocycles. The first-order valence-electron chi connectivity index (χ1n) is 32.8. The van der Waals surface area contributed by atoms with Crippen molar-refractivity contribution in [2.75, 3.05) is 118 Å². The van der Waals surface area contributed by atoms with Gasteiger partial charge in [-0.05, 0) is 93.1 Å². The number of carbonyl (C=O) groups excluding carboxylic acids is 7. The van der Waals surface area contributed by atoms with Gasteiger partial charge in [0.05, 0.1) is 120 Å². The minimum absolute atomic E-state index is 0.00436. The first-order valence-corrected chi connectivity index (χ1v) is 32.8. The first kappa shape index (κ1) is 79.6. The molecule has 3 aromatic rings. The highest BCUT2D eigenvalue weighted by molar-refractivity contribution is 5.96. The molecule has 1 aliphatic heterocycles. The number of rotatable bonds is 44. The lowest BCUT2D eigenvalue weighted by Crippen LogP contribution is -2.59. The van der Waals surface area contributed by atoms with Gasteiger partial charge >= 0.3 is 0 Å². The molecule has 526 valence electrons. The third-order valence-electron chi connectivity index (χ3n) is 16.9. The predicted molar refractivity (Wildman–Crippen MR) is 359 cm³/mol. The van der Waals surface area contributed by atoms with Crippen molar-refractivity contribution >= 4 is 58.4 Å². The molecule has 1 heterocycles. The van der Waals surface area contributed by atoms with Gasteiger partial charge in [-0.1, -0.05) is 97.4 Å². The summed E-state index contributed by atoms with van der Waals surface area (Å²) in [7, 11) is 8.43. The first-order chi connectivity index (χ1) is 44.8. The molecule has 1 aliphatic rings. The van der Waals surface area contributed by atoms with Crippen LogP contribution in [0.2, 0.25) is 0 Å². The van der Waals surface area contributed by atoms with E-state index in [1.165, 1.54) is 20.3 Å². The van der Waals surface area contributed by atoms with E-state index < -0.39 is 72.4 Å². The number of nitrogens with one attached hydrogen (secondary N) is 6. The lowest BCUT2D eigenvalue weighted by Gasteiger charge is -2.41. The minimum atomic E-state index is -1.07. The fourth-order valence-electron chi connectivity index (χ4n) is 11.4. The van der Waals surface area contributed by atoms with E-state index in [0.717, 1.165) is 5.56 Å². The summed E-state index contributed by atoms with van der Waals surface area (Å²) >= 11 is 0. The van der Waals surface area contributed by atoms with Gasteiger partial charge in [0.15, 0.2) is 0 Å². The Morgan fingerprint density at radius 3 is 1.90 bits per heavy atom. The number of hydrogen-bond acceptors (Lipinski definition) is 19. The van der Waals surface area contributed by atoms with Gasteiger partial charge in [-0.15, -0.1) is 0 Å². The highest BCUT2D eigenvalue weighted by atomic mass is 16.7. The molecule has 7 amide bonds. The number of carbonyl (C=O) groups is 7. The van der Waals surface area contributed by atoms with Gasteiger partial charge < -0.3 is 76.1 Å². The van der Waals surface area contributed by atoms with Crippen LogP contribution in [-0.2, 0) is 75.1 Å². The number of aliphatic hydroxyl groups excluding tert-OH is 1. The smallest absolute Gasteiger partial charge is 0.266 e. The van der Waals surface area contributed by atoms with E-state index in [1.807, 2.05) is 90.9 Å². The molecule has 26 nitrogen and oxygen atoms in total. The van der Waals surface area contributed by atoms with Crippen molar-refractivity contribution in [3.8, 4) is 0 Å². The highest BCUT2D eigenvalue weighted by Crippen LogP contribution is 2.30. The van der Waals surface area contributed by atoms with Crippen LogP contribution in [0.4, 0.5) is 17.1 Å². The summed E-state index contributed by atoms with van der Waals surface area (Å²) in [6.45, 7) is 18.4. The summed E-state index contributed by atoms with van der Waals surface area (Å²) in [5, 5.41) is 24.9. The number of amides is 7. The normalized spacial score (nSPS) is 16.5. The van der Waals surface area contributed by atoms with E-state index in [4.69, 9.17) is 44.7 Å². The van der Waals surface area contributed by atoms with Gasteiger partial charge in [0.25, 0.3) is 11.8 Å². The van der Waals surface area contributed by atoms with Crippen LogP contribution in [0.5, 0.6) is 0 Å². The molecule has 0 spiro atoms. The number of hydrogen-bond donors (Lipinski definition) is 9. The number of nitrogens with zero attached hydrogens (tertiary/aromatic N) is 3. The van der Waals surface area contributed by atoms with Crippen molar-refractivity contribution < 1.29 is 71.9 Å². The van der Waals surface area contributed by atoms with Crippen molar-refractivity contribution in [2.24, 2.45) is 23.7 Å². The predicted octanol–water partition coefficient (Wildman–Crippen LogP) is 3.90. The fraction of sp³-hybridized carbons (Fsp3) is 0.632. The quantitative estimate of drug-likeness (QED) is 0.0168. The number of likely N-dealkylation sites (N-methyl/N-ethyl adjacent to an activating group) is 2. The highest BCUT2D eigenvalue weighted by Gasteiger charge is 2.44. The number of benzene rings is 3. The Bertz CT molecular complexity index is 2770. The summed E-state index contributed by atoms with van der Waals surface area (Å²) in [5.74, 6) is -3.56. The van der Waals surface area contributed by atoms with Gasteiger partial charge in [0.1, 0.15) is 18.3 Å². The molecule has 0 radical (unpaired) electrons. The zero-order valence-corrected chi connectivity index (χ0v) is 57.6. The Hall–Kier alpha value is -6.85. The Morgan fingerprint density at radius 1 is 0.702 bits per heavy atom. The van der Waals surface area contributed by atoms with E-state index >= 15 is 0 Å². The standard InChI is InChI=1S/C68H109N11O15/c1-14-45(6)61(78(11)68(87)59(43(2)3)75-67(86)60(44(4)5)77(9)10)56(88-12)41-58(81)79-30-18-21-55(79)62(89-13)46(7)63(82)74-54(39-48-19-16-15-17-20-48)66(85)76-94-42-49-22-25-51(26-23-49)73-64(83)47(8)72-57(80)28-31-90-33-35-92-37-38-93-36-34-91-32-29-71-65(84)50-24-27-52(69)53(70)40-50/h15-17,19-20,22-27,40,43-47,54-57,59-62,72,80H,14,18,21,28-39,41-42,69-70H2,1-13H3,(H,71,84)(H,73,83)(H,74,82)(H,75,86)(H,76,85)/t45-,46+,47+,54-,55-,56+,57?,59-,60-,61-,62+/m0/s1. The van der Waals surface area contributed by atoms with E-state index in [9.17, 15) is 38.7 Å². The van der Waals surface area contributed by atoms with Gasteiger partial charge in [0, 0.05) is 58.4 Å². The number of methoxy groups -OCH3 is 2. The Kier molecular flexibility index (Phi) is 35.4. The number of ether oxygens (including phenoxy) is 6. The maximum Gasteiger partial charge on any atom is 0.266 e. The molecule has 1 fully saturated rings. The second-order valence-electron chi connectivity index (χ2n) is 24.9. The van der Waals surface area contributed by atoms with Crippen molar-refractivity contribution in [2.45, 2.75) is 155 Å². The Labute approximate surface area is 556 Å².